The molecular weight excluding hydrogens is 288 g/mol. The minimum atomic E-state index is 0.784. The molecular formula is C15H21BrN2. The van der Waals surface area contributed by atoms with Crippen LogP contribution >= 0.6 is 15.9 Å². The molecule has 1 saturated carbocycles. The van der Waals surface area contributed by atoms with Gasteiger partial charge in [0.2, 0.25) is 0 Å². The lowest BCUT2D eigenvalue weighted by molar-refractivity contribution is 0.305. The van der Waals surface area contributed by atoms with E-state index in [1.807, 2.05) is 6.07 Å². The molecule has 18 heavy (non-hydrogen) atoms. The van der Waals surface area contributed by atoms with Gasteiger partial charge in [0, 0.05) is 16.7 Å². The molecule has 1 aliphatic rings. The molecule has 0 atom stereocenters. The third kappa shape index (κ3) is 3.85. The molecule has 0 bridgehead atoms. The van der Waals surface area contributed by atoms with E-state index in [0.29, 0.717) is 0 Å². The fraction of sp³-hybridized carbons (Fsp3) is 0.467. The Kier molecular flexibility index (Phi) is 4.84. The Morgan fingerprint density at radius 1 is 1.50 bits per heavy atom. The Labute approximate surface area is 118 Å². The highest BCUT2D eigenvalue weighted by Crippen LogP contribution is 2.25. The van der Waals surface area contributed by atoms with Crippen molar-refractivity contribution in [2.45, 2.75) is 26.2 Å². The molecule has 3 N–H and O–H groups in total. The zero-order chi connectivity index (χ0) is 13.0. The van der Waals surface area contributed by atoms with Gasteiger partial charge in [-0.15, -0.1) is 0 Å². The Morgan fingerprint density at radius 3 is 2.89 bits per heavy atom. The smallest absolute Gasteiger partial charge is 0.0352 e. The predicted octanol–water partition coefficient (Wildman–Crippen LogP) is 3.45. The predicted molar refractivity (Wildman–Crippen MR) is 81.3 cm³/mol. The molecule has 0 unspecified atom stereocenters. The lowest BCUT2D eigenvalue weighted by Gasteiger charge is -2.25. The molecule has 0 aromatic heterocycles. The van der Waals surface area contributed by atoms with Crippen LogP contribution in [-0.2, 0) is 0 Å². The van der Waals surface area contributed by atoms with Gasteiger partial charge in [-0.2, -0.15) is 0 Å². The van der Waals surface area contributed by atoms with E-state index in [1.165, 1.54) is 30.4 Å². The zero-order valence-electron chi connectivity index (χ0n) is 10.9. The number of aryl methyl sites for hydroxylation is 1. The van der Waals surface area contributed by atoms with Crippen LogP contribution in [0, 0.1) is 12.8 Å². The van der Waals surface area contributed by atoms with Gasteiger partial charge in [-0.3, -0.25) is 0 Å². The van der Waals surface area contributed by atoms with Crippen molar-refractivity contribution in [2.24, 2.45) is 11.7 Å². The first-order valence-corrected chi connectivity index (χ1v) is 7.37. The van der Waals surface area contributed by atoms with Gasteiger partial charge < -0.3 is 11.1 Å². The van der Waals surface area contributed by atoms with Gasteiger partial charge in [0.15, 0.2) is 0 Å². The SMILES string of the molecule is Cc1cc(Br)ccc1/C=C(\N)CNCC1CCC1. The quantitative estimate of drug-likeness (QED) is 0.874. The fourth-order valence-corrected chi connectivity index (χ4v) is 2.64. The number of rotatable bonds is 5. The second-order valence-corrected chi connectivity index (χ2v) is 6.06. The van der Waals surface area contributed by atoms with Crippen molar-refractivity contribution >= 4 is 22.0 Å². The number of benzene rings is 1. The molecule has 1 aliphatic carbocycles. The van der Waals surface area contributed by atoms with E-state index >= 15 is 0 Å². The van der Waals surface area contributed by atoms with Crippen molar-refractivity contribution in [1.82, 2.24) is 5.32 Å². The van der Waals surface area contributed by atoms with Crippen molar-refractivity contribution < 1.29 is 0 Å². The fourth-order valence-electron chi connectivity index (χ4n) is 2.17. The molecule has 0 spiro atoms. The normalized spacial score (nSPS) is 16.7. The minimum Gasteiger partial charge on any atom is -0.401 e. The van der Waals surface area contributed by atoms with Crippen molar-refractivity contribution in [3.05, 3.63) is 39.5 Å². The van der Waals surface area contributed by atoms with Gasteiger partial charge in [0.25, 0.3) is 0 Å². The van der Waals surface area contributed by atoms with E-state index in [-0.39, 0.29) is 0 Å². The average Bonchev–Trinajstić information content (AvgIpc) is 2.26. The summed E-state index contributed by atoms with van der Waals surface area (Å²) in [4.78, 5) is 0. The molecule has 98 valence electrons. The molecule has 1 aromatic carbocycles. The molecule has 1 aromatic rings. The molecule has 0 saturated heterocycles. The lowest BCUT2D eigenvalue weighted by atomic mass is 9.85. The molecule has 0 amide bonds. The Bertz CT molecular complexity index is 436. The van der Waals surface area contributed by atoms with E-state index in [9.17, 15) is 0 Å². The van der Waals surface area contributed by atoms with E-state index in [4.69, 9.17) is 5.73 Å². The van der Waals surface area contributed by atoms with Crippen LogP contribution in [0.25, 0.3) is 6.08 Å². The van der Waals surface area contributed by atoms with Crippen molar-refractivity contribution in [3.8, 4) is 0 Å². The average molecular weight is 309 g/mol. The lowest BCUT2D eigenvalue weighted by Crippen LogP contribution is -2.30. The highest BCUT2D eigenvalue weighted by molar-refractivity contribution is 9.10. The van der Waals surface area contributed by atoms with Crippen molar-refractivity contribution in [1.29, 1.82) is 0 Å². The van der Waals surface area contributed by atoms with Crippen LogP contribution in [-0.4, -0.2) is 13.1 Å². The largest absolute Gasteiger partial charge is 0.401 e. The molecule has 2 nitrogen and oxygen atoms in total. The first-order chi connectivity index (χ1) is 8.65. The molecule has 2 rings (SSSR count). The third-order valence-electron chi connectivity index (χ3n) is 3.56. The summed E-state index contributed by atoms with van der Waals surface area (Å²) in [6.45, 7) is 3.99. The van der Waals surface area contributed by atoms with E-state index in [1.54, 1.807) is 0 Å². The summed E-state index contributed by atoms with van der Waals surface area (Å²) in [5, 5.41) is 3.44. The van der Waals surface area contributed by atoms with E-state index in [0.717, 1.165) is 29.2 Å². The maximum atomic E-state index is 6.05. The molecule has 3 heteroatoms. The number of nitrogens with one attached hydrogen (secondary N) is 1. The van der Waals surface area contributed by atoms with Crippen LogP contribution in [0.15, 0.2) is 28.4 Å². The van der Waals surface area contributed by atoms with E-state index < -0.39 is 0 Å². The summed E-state index contributed by atoms with van der Waals surface area (Å²) in [6.07, 6.45) is 6.22. The molecule has 0 radical (unpaired) electrons. The number of hydrogen-bond donors (Lipinski definition) is 2. The maximum absolute atomic E-state index is 6.05. The highest BCUT2D eigenvalue weighted by atomic mass is 79.9. The minimum absolute atomic E-state index is 0.784. The van der Waals surface area contributed by atoms with Gasteiger partial charge in [-0.05, 0) is 61.6 Å². The summed E-state index contributed by atoms with van der Waals surface area (Å²) in [7, 11) is 0. The van der Waals surface area contributed by atoms with Crippen LogP contribution in [0.5, 0.6) is 0 Å². The summed E-state index contributed by atoms with van der Waals surface area (Å²) in [5.41, 5.74) is 9.39. The summed E-state index contributed by atoms with van der Waals surface area (Å²) in [6, 6.07) is 6.26. The van der Waals surface area contributed by atoms with Crippen LogP contribution in [0.1, 0.15) is 30.4 Å². The van der Waals surface area contributed by atoms with Crippen molar-refractivity contribution in [3.63, 3.8) is 0 Å². The zero-order valence-corrected chi connectivity index (χ0v) is 12.5. The third-order valence-corrected chi connectivity index (χ3v) is 4.05. The molecule has 0 heterocycles. The van der Waals surface area contributed by atoms with Crippen LogP contribution in [0.3, 0.4) is 0 Å². The first kappa shape index (κ1) is 13.6. The molecule has 0 aliphatic heterocycles. The van der Waals surface area contributed by atoms with Gasteiger partial charge in [0.05, 0.1) is 0 Å². The van der Waals surface area contributed by atoms with Crippen LogP contribution < -0.4 is 11.1 Å². The summed E-state index contributed by atoms with van der Waals surface area (Å²) < 4.78 is 1.11. The van der Waals surface area contributed by atoms with Gasteiger partial charge >= 0.3 is 0 Å². The van der Waals surface area contributed by atoms with Gasteiger partial charge in [-0.1, -0.05) is 28.4 Å². The Balaban J connectivity index is 1.86. The Hall–Kier alpha value is -0.800. The van der Waals surface area contributed by atoms with Crippen molar-refractivity contribution in [2.75, 3.05) is 13.1 Å². The Morgan fingerprint density at radius 2 is 2.28 bits per heavy atom. The first-order valence-electron chi connectivity index (χ1n) is 6.58. The van der Waals surface area contributed by atoms with Gasteiger partial charge in [0.1, 0.15) is 0 Å². The second kappa shape index (κ2) is 6.39. The number of halogens is 1. The monoisotopic (exact) mass is 308 g/mol. The number of nitrogens with two attached hydrogens (primary N) is 1. The highest BCUT2D eigenvalue weighted by Gasteiger charge is 2.16. The summed E-state index contributed by atoms with van der Waals surface area (Å²) in [5.74, 6) is 0.882. The van der Waals surface area contributed by atoms with Crippen LogP contribution in [0.2, 0.25) is 0 Å². The number of hydrogen-bond acceptors (Lipinski definition) is 2. The molecule has 1 fully saturated rings. The van der Waals surface area contributed by atoms with Gasteiger partial charge in [-0.25, -0.2) is 0 Å². The van der Waals surface area contributed by atoms with E-state index in [2.05, 4.69) is 46.4 Å². The standard InChI is InChI=1S/C15H21BrN2/c1-11-7-14(16)6-5-13(11)8-15(17)10-18-9-12-3-2-4-12/h5-8,12,18H,2-4,9-10,17H2,1H3/b15-8-. The van der Waals surface area contributed by atoms with Crippen LogP contribution in [0.4, 0.5) is 0 Å². The topological polar surface area (TPSA) is 38.0 Å². The maximum Gasteiger partial charge on any atom is 0.0352 e. The summed E-state index contributed by atoms with van der Waals surface area (Å²) >= 11 is 3.47. The second-order valence-electron chi connectivity index (χ2n) is 5.15.